The minimum atomic E-state index is -0.716. The summed E-state index contributed by atoms with van der Waals surface area (Å²) in [5.41, 5.74) is 20.3. The largest absolute Gasteiger partial charge is 0.497 e. The number of likely N-dealkylation sites (tertiary alicyclic amines) is 1. The molecule has 18 rings (SSSR count). The average Bonchev–Trinajstić information content (AvgIpc) is 1.22. The van der Waals surface area contributed by atoms with Crippen LogP contribution in [0.5, 0.6) is 46.0 Å². The van der Waals surface area contributed by atoms with E-state index in [0.717, 1.165) is 236 Å². The molecule has 8 aromatic heterocycles. The van der Waals surface area contributed by atoms with E-state index in [9.17, 15) is 15.5 Å². The summed E-state index contributed by atoms with van der Waals surface area (Å²) in [6.07, 6.45) is 27.8. The van der Waals surface area contributed by atoms with Crippen molar-refractivity contribution in [2.45, 2.75) is 129 Å². The highest BCUT2D eigenvalue weighted by Crippen LogP contribution is 2.42. The number of fused-ring (bicyclic) bond motifs is 4. The number of ether oxygens (including phenoxy) is 11. The number of aromatic nitrogens is 16. The molecule has 10 heterocycles. The second-order valence-electron chi connectivity index (χ2n) is 36.4. The monoisotopic (exact) mass is 1980 g/mol. The minimum absolute atomic E-state index is 0.00891. The highest BCUT2D eigenvalue weighted by atomic mass is 16.5. The van der Waals surface area contributed by atoms with E-state index in [4.69, 9.17) is 77.0 Å². The second-order valence-corrected chi connectivity index (χ2v) is 36.4. The molecule has 0 spiro atoms. The first-order chi connectivity index (χ1) is 70.9. The van der Waals surface area contributed by atoms with Gasteiger partial charge in [0.2, 0.25) is 0 Å². The zero-order valence-electron chi connectivity index (χ0n) is 86.1. The van der Waals surface area contributed by atoms with E-state index in [0.29, 0.717) is 54.6 Å². The zero-order valence-corrected chi connectivity index (χ0v) is 86.1. The van der Waals surface area contributed by atoms with Gasteiger partial charge in [-0.05, 0) is 146 Å². The Bertz CT molecular complexity index is 6750. The van der Waals surface area contributed by atoms with Gasteiger partial charge in [0.25, 0.3) is 0 Å². The van der Waals surface area contributed by atoms with Crippen molar-refractivity contribution in [3.05, 3.63) is 220 Å². The molecule has 0 aliphatic carbocycles. The molecule has 0 amide bonds. The number of aryl methyl sites for hydroxylation is 1. The van der Waals surface area contributed by atoms with E-state index in [2.05, 4.69) is 127 Å². The molecular weight excluding hydrogens is 1850 g/mol. The summed E-state index contributed by atoms with van der Waals surface area (Å²) >= 11 is 0. The number of hydrogen-bond donors (Lipinski definition) is 3. The van der Waals surface area contributed by atoms with Gasteiger partial charge in [-0.2, -0.15) is 25.7 Å². The number of anilines is 8. The maximum absolute atomic E-state index is 10.6. The van der Waals surface area contributed by atoms with Crippen LogP contribution in [-0.4, -0.2) is 255 Å². The number of aliphatic hydroxyl groups excluding tert-OH is 2. The molecule has 3 unspecified atom stereocenters. The molecule has 146 heavy (non-hydrogen) atoms. The lowest BCUT2D eigenvalue weighted by Gasteiger charge is -2.28. The first-order valence-corrected chi connectivity index (χ1v) is 49.0. The van der Waals surface area contributed by atoms with Gasteiger partial charge < -0.3 is 87.2 Å². The van der Waals surface area contributed by atoms with Crippen LogP contribution in [0.1, 0.15) is 105 Å². The molecule has 2 fully saturated rings. The number of hydrogen-bond acceptors (Lipinski definition) is 32. The van der Waals surface area contributed by atoms with Gasteiger partial charge in [0, 0.05) is 244 Å². The SMILES string of the molecule is COCC(O)CN(c1cc(OC)cc(OC)c1)c1ccc2ncc(-c3cnn(C(C)C)c3)nc2c1.COCC(O)CN(c1cc(OC)cc(OC)c1)c1ccc2ncc(-c3cnn(C(C)C)c3)nc2c1.COc1cc(OC)cc(N(CCCN2CCC[C@H]2CC#N)c2ccc3ncc(-c4cnn(C)c4)nc3c2)c1.COc1cc(OC)cc(N(CCNC(C)C)c2ccc3ncc(-c4cnn(C5CCCCO5)c4)nc3c2)c1. The summed E-state index contributed by atoms with van der Waals surface area (Å²) in [5.74, 6) is 5.54. The Morgan fingerprint density at radius 3 is 1.11 bits per heavy atom. The Kier molecular flexibility index (Phi) is 36.2. The molecule has 0 bridgehead atoms. The lowest BCUT2D eigenvalue weighted by molar-refractivity contribution is -0.0394. The predicted octanol–water partition coefficient (Wildman–Crippen LogP) is 18.8. The van der Waals surface area contributed by atoms with Gasteiger partial charge in [-0.25, -0.2) is 24.6 Å². The molecule has 36 nitrogen and oxygen atoms in total. The minimum Gasteiger partial charge on any atom is -0.497 e. The third-order valence-corrected chi connectivity index (χ3v) is 25.2. The van der Waals surface area contributed by atoms with E-state index in [1.807, 2.05) is 189 Å². The van der Waals surface area contributed by atoms with Crippen LogP contribution in [0.4, 0.5) is 45.5 Å². The summed E-state index contributed by atoms with van der Waals surface area (Å²) < 4.78 is 67.8. The van der Waals surface area contributed by atoms with Crippen LogP contribution in [-0.2, 0) is 21.3 Å². The van der Waals surface area contributed by atoms with Gasteiger partial charge in [0.15, 0.2) is 0 Å². The highest BCUT2D eigenvalue weighted by molar-refractivity contribution is 5.87. The summed E-state index contributed by atoms with van der Waals surface area (Å²) in [6.45, 7) is 18.7. The van der Waals surface area contributed by atoms with E-state index < -0.39 is 12.2 Å². The Labute approximate surface area is 851 Å². The summed E-state index contributed by atoms with van der Waals surface area (Å²) in [7, 11) is 18.1. The number of nitrogens with one attached hydrogen (secondary N) is 1. The Morgan fingerprint density at radius 1 is 0.404 bits per heavy atom. The Balaban J connectivity index is 0.000000146. The van der Waals surface area contributed by atoms with E-state index in [1.54, 1.807) is 113 Å². The van der Waals surface area contributed by atoms with Gasteiger partial charge in [0.05, 0.1) is 224 Å². The number of benzene rings is 8. The van der Waals surface area contributed by atoms with Crippen molar-refractivity contribution in [2.24, 2.45) is 7.05 Å². The number of aliphatic hydroxyl groups is 2. The molecule has 16 aromatic rings. The van der Waals surface area contributed by atoms with Crippen LogP contribution in [0.3, 0.4) is 0 Å². The molecule has 2 saturated heterocycles. The van der Waals surface area contributed by atoms with Crippen LogP contribution in [0, 0.1) is 11.3 Å². The van der Waals surface area contributed by atoms with Gasteiger partial charge in [-0.1, -0.05) is 13.8 Å². The zero-order chi connectivity index (χ0) is 103. The van der Waals surface area contributed by atoms with E-state index >= 15 is 0 Å². The van der Waals surface area contributed by atoms with Gasteiger partial charge in [-0.15, -0.1) is 0 Å². The van der Waals surface area contributed by atoms with Crippen molar-refractivity contribution < 1.29 is 62.3 Å². The van der Waals surface area contributed by atoms with Crippen molar-refractivity contribution >= 4 is 89.6 Å². The molecule has 764 valence electrons. The topological polar surface area (TPSA) is 368 Å². The number of methoxy groups -OCH3 is 10. The quantitative estimate of drug-likeness (QED) is 0.0321. The Hall–Kier alpha value is -15.2. The fraction of sp³-hybridized carbons (Fsp3) is 0.373. The fourth-order valence-electron chi connectivity index (χ4n) is 17.5. The molecule has 8 aromatic carbocycles. The highest BCUT2D eigenvalue weighted by Gasteiger charge is 2.28. The normalized spacial score (nSPS) is 14.0. The molecule has 3 N–H and O–H groups in total. The molecule has 0 radical (unpaired) electrons. The maximum atomic E-state index is 10.6. The lowest BCUT2D eigenvalue weighted by Crippen LogP contribution is -2.32. The summed E-state index contributed by atoms with van der Waals surface area (Å²) in [6, 6.07) is 50.7. The first-order valence-electron chi connectivity index (χ1n) is 49.0. The van der Waals surface area contributed by atoms with E-state index in [1.165, 1.54) is 0 Å². The molecule has 0 saturated carbocycles. The maximum Gasteiger partial charge on any atom is 0.150 e. The van der Waals surface area contributed by atoms with Crippen LogP contribution in [0.2, 0.25) is 0 Å². The average molecular weight is 1980 g/mol. The molecule has 36 heteroatoms. The third-order valence-electron chi connectivity index (χ3n) is 25.2. The standard InChI is InChI=1S/C29H33N7O2.C29H36N6O3.2C26H31N5O4/c1-34-20-21(18-32-34)29-19-31-27-8-7-23(16-28(27)33-29)36(24-14-25(37-2)17-26(15-24)38-3)13-5-12-35-11-4-6-22(35)9-10-30;1-20(2)30-10-11-34(23-13-24(36-3)16-25(14-23)37-4)22-8-9-26-27(15-22)33-28(18-31-26)21-17-32-35(19-21)29-7-5-6-12-38-29;2*1-17(2)31-14-18(12-28-31)26-13-27-24-7-6-19(10-25(24)29-26)30(15-21(32)16-33-3)20-8-22(34-4)11-23(9-20)35-5/h7-8,14-20,22H,4-6,9,11-13H2,1-3H3;8-9,13-20,29-30H,5-7,10-12H2,1-4H3;2*6-14,17,21,32H,15-16H2,1-5H3/t22-;;;/m0.../s1. The van der Waals surface area contributed by atoms with Crippen LogP contribution < -0.4 is 62.8 Å². The predicted molar refractivity (Wildman–Crippen MR) is 568 cm³/mol. The molecule has 2 aliphatic heterocycles. The van der Waals surface area contributed by atoms with Crippen molar-refractivity contribution in [1.82, 2.24) is 89.2 Å². The lowest BCUT2D eigenvalue weighted by atomic mass is 10.1. The van der Waals surface area contributed by atoms with Gasteiger partial charge in [0.1, 0.15) is 52.2 Å². The molecular formula is C110H131N23O13. The number of rotatable bonds is 40. The van der Waals surface area contributed by atoms with Gasteiger partial charge >= 0.3 is 0 Å². The molecule has 4 atom stereocenters. The first kappa shape index (κ1) is 105. The Morgan fingerprint density at radius 2 is 0.767 bits per heavy atom. The van der Waals surface area contributed by atoms with Crippen molar-refractivity contribution in [1.29, 1.82) is 5.26 Å². The number of nitrogens with zero attached hydrogens (tertiary/aromatic N) is 22. The summed E-state index contributed by atoms with van der Waals surface area (Å²) in [5, 5.41) is 51.5. The fourth-order valence-corrected chi connectivity index (χ4v) is 17.5. The van der Waals surface area contributed by atoms with Crippen molar-refractivity contribution in [3.8, 4) is 97.1 Å². The second kappa shape index (κ2) is 50.3. The number of nitriles is 1. The van der Waals surface area contributed by atoms with Crippen LogP contribution >= 0.6 is 0 Å². The van der Waals surface area contributed by atoms with Gasteiger partial charge in [-0.3, -0.25) is 38.9 Å². The van der Waals surface area contributed by atoms with Crippen molar-refractivity contribution in [2.75, 3.05) is 156 Å². The van der Waals surface area contributed by atoms with E-state index in [-0.39, 0.29) is 31.5 Å². The van der Waals surface area contributed by atoms with Crippen molar-refractivity contribution in [3.63, 3.8) is 0 Å². The third kappa shape index (κ3) is 26.9. The smallest absolute Gasteiger partial charge is 0.150 e. The summed E-state index contributed by atoms with van der Waals surface area (Å²) in [4.78, 5) is 49.1. The van der Waals surface area contributed by atoms with Crippen LogP contribution in [0.25, 0.3) is 89.2 Å². The molecule has 2 aliphatic rings. The van der Waals surface area contributed by atoms with Crippen LogP contribution in [0.15, 0.2) is 220 Å².